The average Bonchev–Trinajstić information content (AvgIpc) is 2.49. The van der Waals surface area contributed by atoms with Crippen LogP contribution in [-0.2, 0) is 0 Å². The van der Waals surface area contributed by atoms with Crippen molar-refractivity contribution in [1.29, 1.82) is 0 Å². The summed E-state index contributed by atoms with van der Waals surface area (Å²) < 4.78 is 6.03. The predicted molar refractivity (Wildman–Crippen MR) is 89.5 cm³/mol. The van der Waals surface area contributed by atoms with Gasteiger partial charge in [0.15, 0.2) is 0 Å². The number of aryl methyl sites for hydroxylation is 1. The highest BCUT2D eigenvalue weighted by Gasteiger charge is 2.07. The molecule has 0 fully saturated rings. The fourth-order valence-electron chi connectivity index (χ4n) is 1.81. The molecule has 2 rings (SSSR count). The van der Waals surface area contributed by atoms with Gasteiger partial charge in [-0.15, -0.1) is 0 Å². The van der Waals surface area contributed by atoms with Crippen LogP contribution in [0.3, 0.4) is 0 Å². The van der Waals surface area contributed by atoms with E-state index in [2.05, 4.69) is 43.5 Å². The normalized spacial score (nSPS) is 10.3. The first kappa shape index (κ1) is 15.6. The van der Waals surface area contributed by atoms with Gasteiger partial charge in [-0.25, -0.2) is 4.98 Å². The molecule has 0 atom stereocenters. The molecule has 0 aliphatic heterocycles. The summed E-state index contributed by atoms with van der Waals surface area (Å²) in [5.41, 5.74) is 2.07. The lowest BCUT2D eigenvalue weighted by Gasteiger charge is -2.12. The van der Waals surface area contributed by atoms with Crippen molar-refractivity contribution in [2.45, 2.75) is 20.3 Å². The minimum absolute atomic E-state index is 0.619. The van der Waals surface area contributed by atoms with Crippen molar-refractivity contribution >= 4 is 33.4 Å². The van der Waals surface area contributed by atoms with E-state index in [1.54, 1.807) is 13.3 Å². The largest absolute Gasteiger partial charge is 0.497 e. The van der Waals surface area contributed by atoms with E-state index in [1.165, 1.54) is 0 Å². The lowest BCUT2D eigenvalue weighted by Crippen LogP contribution is -2.06. The van der Waals surface area contributed by atoms with Crippen molar-refractivity contribution in [3.8, 4) is 5.75 Å². The van der Waals surface area contributed by atoms with Gasteiger partial charge in [-0.2, -0.15) is 4.98 Å². The van der Waals surface area contributed by atoms with Crippen LogP contribution >= 0.6 is 15.9 Å². The van der Waals surface area contributed by atoms with Crippen molar-refractivity contribution < 1.29 is 4.74 Å². The van der Waals surface area contributed by atoms with E-state index in [1.807, 2.05) is 25.1 Å². The summed E-state index contributed by atoms with van der Waals surface area (Å²) >= 11 is 3.47. The molecule has 1 aromatic heterocycles. The molecule has 0 saturated heterocycles. The van der Waals surface area contributed by atoms with Crippen LogP contribution in [0.25, 0.3) is 0 Å². The molecule has 6 heteroatoms. The summed E-state index contributed by atoms with van der Waals surface area (Å²) in [4.78, 5) is 8.72. The maximum Gasteiger partial charge on any atom is 0.224 e. The molecule has 0 saturated carbocycles. The van der Waals surface area contributed by atoms with Crippen molar-refractivity contribution in [1.82, 2.24) is 9.97 Å². The Hall–Kier alpha value is -1.82. The molecule has 0 radical (unpaired) electrons. The predicted octanol–water partition coefficient (Wildman–Crippen LogP) is 4.12. The zero-order valence-electron chi connectivity index (χ0n) is 12.4. The van der Waals surface area contributed by atoms with Crippen LogP contribution in [-0.4, -0.2) is 23.6 Å². The number of methoxy groups -OCH3 is 1. The van der Waals surface area contributed by atoms with Crippen LogP contribution in [0, 0.1) is 6.92 Å². The summed E-state index contributed by atoms with van der Waals surface area (Å²) in [6.45, 7) is 4.98. The maximum atomic E-state index is 5.21. The number of ether oxygens (including phenoxy) is 1. The Balaban J connectivity index is 2.22. The summed E-state index contributed by atoms with van der Waals surface area (Å²) in [5, 5.41) is 6.49. The van der Waals surface area contributed by atoms with E-state index in [0.29, 0.717) is 5.95 Å². The molecule has 112 valence electrons. The zero-order valence-corrected chi connectivity index (χ0v) is 14.0. The average molecular weight is 351 g/mol. The minimum atomic E-state index is 0.619. The topological polar surface area (TPSA) is 59.1 Å². The van der Waals surface area contributed by atoms with Gasteiger partial charge in [0.25, 0.3) is 0 Å². The summed E-state index contributed by atoms with van der Waals surface area (Å²) in [6.07, 6.45) is 2.77. The summed E-state index contributed by atoms with van der Waals surface area (Å²) in [7, 11) is 1.66. The molecule has 21 heavy (non-hydrogen) atoms. The highest BCUT2D eigenvalue weighted by molar-refractivity contribution is 9.10. The van der Waals surface area contributed by atoms with Gasteiger partial charge in [0.1, 0.15) is 11.6 Å². The monoisotopic (exact) mass is 350 g/mol. The van der Waals surface area contributed by atoms with Gasteiger partial charge in [-0.1, -0.05) is 6.92 Å². The third-order valence-electron chi connectivity index (χ3n) is 2.96. The second kappa shape index (κ2) is 7.26. The number of nitrogens with zero attached hydrogens (tertiary/aromatic N) is 2. The highest BCUT2D eigenvalue weighted by Crippen LogP contribution is 2.28. The molecule has 5 nitrogen and oxygen atoms in total. The number of nitrogens with one attached hydrogen (secondary N) is 2. The fraction of sp³-hybridized carbons (Fsp3) is 0.333. The van der Waals surface area contributed by atoms with Gasteiger partial charge in [-0.05, 0) is 53.0 Å². The fourth-order valence-corrected chi connectivity index (χ4v) is 2.10. The second-order valence-corrected chi connectivity index (χ2v) is 5.48. The number of rotatable bonds is 6. The smallest absolute Gasteiger partial charge is 0.224 e. The van der Waals surface area contributed by atoms with Crippen LogP contribution in [0.5, 0.6) is 5.75 Å². The Morgan fingerprint density at radius 1 is 1.33 bits per heavy atom. The van der Waals surface area contributed by atoms with E-state index in [-0.39, 0.29) is 0 Å². The molecule has 2 N–H and O–H groups in total. The Morgan fingerprint density at radius 2 is 2.14 bits per heavy atom. The first-order valence-electron chi connectivity index (χ1n) is 6.82. The van der Waals surface area contributed by atoms with Gasteiger partial charge in [0.2, 0.25) is 5.95 Å². The molecule has 1 aromatic carbocycles. The number of aromatic nitrogens is 2. The minimum Gasteiger partial charge on any atom is -0.497 e. The molecular formula is C15H19BrN4O. The number of anilines is 3. The van der Waals surface area contributed by atoms with Crippen molar-refractivity contribution in [2.24, 2.45) is 0 Å². The van der Waals surface area contributed by atoms with Gasteiger partial charge in [-0.3, -0.25) is 0 Å². The molecule has 0 amide bonds. The maximum absolute atomic E-state index is 5.21. The zero-order chi connectivity index (χ0) is 15.2. The Kier molecular flexibility index (Phi) is 5.38. The molecule has 0 unspecified atom stereocenters. The SMILES string of the molecule is CCCNc1ncc(Br)c(Nc2ccc(OC)cc2C)n1. The van der Waals surface area contributed by atoms with Crippen molar-refractivity contribution in [3.63, 3.8) is 0 Å². The molecular weight excluding hydrogens is 332 g/mol. The van der Waals surface area contributed by atoms with E-state index in [4.69, 9.17) is 4.74 Å². The number of hydrogen-bond donors (Lipinski definition) is 2. The summed E-state index contributed by atoms with van der Waals surface area (Å²) in [5.74, 6) is 2.19. The Labute approximate surface area is 133 Å². The first-order valence-corrected chi connectivity index (χ1v) is 7.61. The first-order chi connectivity index (χ1) is 10.1. The highest BCUT2D eigenvalue weighted by atomic mass is 79.9. The standard InChI is InChI=1S/C15H19BrN4O/c1-4-7-17-15-18-9-12(16)14(20-15)19-13-6-5-11(21-3)8-10(13)2/h5-6,8-9H,4,7H2,1-3H3,(H2,17,18,19,20). The van der Waals surface area contributed by atoms with Crippen molar-refractivity contribution in [2.75, 3.05) is 24.3 Å². The quantitative estimate of drug-likeness (QED) is 0.820. The third kappa shape index (κ3) is 4.07. The number of benzene rings is 1. The van der Waals surface area contributed by atoms with Crippen LogP contribution in [0.2, 0.25) is 0 Å². The molecule has 0 aliphatic carbocycles. The number of hydrogen-bond acceptors (Lipinski definition) is 5. The Bertz CT molecular complexity index is 619. The lowest BCUT2D eigenvalue weighted by molar-refractivity contribution is 0.414. The second-order valence-electron chi connectivity index (χ2n) is 4.62. The Morgan fingerprint density at radius 3 is 2.81 bits per heavy atom. The van der Waals surface area contributed by atoms with E-state index >= 15 is 0 Å². The van der Waals surface area contributed by atoms with E-state index < -0.39 is 0 Å². The van der Waals surface area contributed by atoms with Crippen LogP contribution in [0.4, 0.5) is 17.5 Å². The third-order valence-corrected chi connectivity index (χ3v) is 3.54. The van der Waals surface area contributed by atoms with Gasteiger partial charge >= 0.3 is 0 Å². The van der Waals surface area contributed by atoms with E-state index in [0.717, 1.165) is 40.3 Å². The molecule has 0 spiro atoms. The van der Waals surface area contributed by atoms with Crippen LogP contribution in [0.15, 0.2) is 28.9 Å². The van der Waals surface area contributed by atoms with Crippen LogP contribution in [0.1, 0.15) is 18.9 Å². The van der Waals surface area contributed by atoms with Gasteiger partial charge < -0.3 is 15.4 Å². The molecule has 0 aliphatic rings. The van der Waals surface area contributed by atoms with Crippen LogP contribution < -0.4 is 15.4 Å². The summed E-state index contributed by atoms with van der Waals surface area (Å²) in [6, 6.07) is 5.87. The molecule has 0 bridgehead atoms. The van der Waals surface area contributed by atoms with Gasteiger partial charge in [0, 0.05) is 18.4 Å². The lowest BCUT2D eigenvalue weighted by atomic mass is 10.2. The molecule has 2 aromatic rings. The number of halogens is 1. The molecule has 1 heterocycles. The van der Waals surface area contributed by atoms with Gasteiger partial charge in [0.05, 0.1) is 11.6 Å². The van der Waals surface area contributed by atoms with Crippen molar-refractivity contribution in [3.05, 3.63) is 34.4 Å². The van der Waals surface area contributed by atoms with E-state index in [9.17, 15) is 0 Å².